The number of thioether (sulfide) groups is 1. The van der Waals surface area contributed by atoms with E-state index in [1.165, 1.54) is 11.8 Å². The highest BCUT2D eigenvalue weighted by atomic mass is 32.2. The lowest BCUT2D eigenvalue weighted by Crippen LogP contribution is -2.11. The Bertz CT molecular complexity index is 437. The van der Waals surface area contributed by atoms with E-state index in [1.807, 2.05) is 25.3 Å². The van der Waals surface area contributed by atoms with Crippen LogP contribution in [0.3, 0.4) is 0 Å². The number of aryl methyl sites for hydroxylation is 1. The minimum Gasteiger partial charge on any atom is -0.412 e. The van der Waals surface area contributed by atoms with Crippen molar-refractivity contribution in [3.63, 3.8) is 0 Å². The van der Waals surface area contributed by atoms with Gasteiger partial charge < -0.3 is 4.52 Å². The zero-order chi connectivity index (χ0) is 13.1. The van der Waals surface area contributed by atoms with E-state index in [4.69, 9.17) is 14.6 Å². The first-order valence-corrected chi connectivity index (χ1v) is 8.09. The molecule has 1 rings (SSSR count). The maximum Gasteiger partial charge on any atom is 0.456 e. The zero-order valence-electron chi connectivity index (χ0n) is 10.5. The van der Waals surface area contributed by atoms with Gasteiger partial charge in [0.15, 0.2) is 0 Å². The Kier molecular flexibility index (Phi) is 5.07. The maximum absolute atomic E-state index is 11.9. The molecule has 2 N–H and O–H groups in total. The van der Waals surface area contributed by atoms with Gasteiger partial charge in [0, 0.05) is 0 Å². The third kappa shape index (κ3) is 4.36. The van der Waals surface area contributed by atoms with Crippen molar-refractivity contribution < 1.29 is 13.6 Å². The second kappa shape index (κ2) is 5.91. The highest BCUT2D eigenvalue weighted by Gasteiger charge is 2.23. The van der Waals surface area contributed by atoms with Crippen LogP contribution in [0, 0.1) is 6.92 Å². The minimum absolute atomic E-state index is 0.242. The molecule has 0 saturated heterocycles. The number of rotatable bonds is 5. The summed E-state index contributed by atoms with van der Waals surface area (Å²) in [7, 11) is -3.54. The van der Waals surface area contributed by atoms with Crippen molar-refractivity contribution in [2.24, 2.45) is 5.50 Å². The van der Waals surface area contributed by atoms with E-state index in [2.05, 4.69) is 0 Å². The minimum atomic E-state index is -3.54. The summed E-state index contributed by atoms with van der Waals surface area (Å²) in [5, 5.41) is 0. The molecular weight excluding hydrogens is 257 g/mol. The molecule has 0 saturated carbocycles. The molecule has 4 nitrogen and oxygen atoms in total. The van der Waals surface area contributed by atoms with Crippen molar-refractivity contribution in [2.75, 3.05) is 6.26 Å². The number of benzene rings is 1. The summed E-state index contributed by atoms with van der Waals surface area (Å²) < 4.78 is 22.3. The van der Waals surface area contributed by atoms with E-state index >= 15 is 0 Å². The van der Waals surface area contributed by atoms with Crippen LogP contribution in [0.2, 0.25) is 0 Å². The zero-order valence-corrected chi connectivity index (χ0v) is 12.2. The molecule has 0 bridgehead atoms. The van der Waals surface area contributed by atoms with Gasteiger partial charge >= 0.3 is 7.75 Å². The van der Waals surface area contributed by atoms with Crippen molar-refractivity contribution in [1.82, 2.24) is 0 Å². The van der Waals surface area contributed by atoms with Crippen LogP contribution in [0.25, 0.3) is 0 Å². The fourth-order valence-corrected chi connectivity index (χ4v) is 3.23. The van der Waals surface area contributed by atoms with Gasteiger partial charge in [0.25, 0.3) is 0 Å². The molecule has 0 radical (unpaired) electrons. The summed E-state index contributed by atoms with van der Waals surface area (Å²) in [6.07, 6.45) is 1.69. The normalized spacial score (nSPS) is 14.7. The van der Waals surface area contributed by atoms with Crippen molar-refractivity contribution >= 4 is 19.5 Å². The monoisotopic (exact) mass is 275 g/mol. The van der Waals surface area contributed by atoms with E-state index in [1.54, 1.807) is 19.9 Å². The van der Waals surface area contributed by atoms with E-state index in [9.17, 15) is 4.57 Å². The van der Waals surface area contributed by atoms with Crippen LogP contribution in [-0.2, 0) is 9.09 Å². The summed E-state index contributed by atoms with van der Waals surface area (Å²) in [6.45, 7) is 5.48. The summed E-state index contributed by atoms with van der Waals surface area (Å²) in [4.78, 5) is 0.922. The molecule has 1 unspecified atom stereocenters. The maximum atomic E-state index is 11.9. The molecule has 1 aromatic carbocycles. The highest BCUT2D eigenvalue weighted by Crippen LogP contribution is 2.44. The Balaban J connectivity index is 2.95. The van der Waals surface area contributed by atoms with Crippen molar-refractivity contribution in [3.8, 4) is 5.75 Å². The predicted molar refractivity (Wildman–Crippen MR) is 71.6 cm³/mol. The number of hydrogen-bond acceptors (Lipinski definition) is 4. The Morgan fingerprint density at radius 3 is 2.59 bits per heavy atom. The number of hydrogen-bond donors (Lipinski definition) is 1. The lowest BCUT2D eigenvalue weighted by molar-refractivity contribution is 0.208. The largest absolute Gasteiger partial charge is 0.456 e. The Morgan fingerprint density at radius 2 is 2.06 bits per heavy atom. The second-order valence-corrected chi connectivity index (χ2v) is 6.18. The molecule has 0 amide bonds. The van der Waals surface area contributed by atoms with Crippen LogP contribution in [0.1, 0.15) is 19.4 Å². The van der Waals surface area contributed by atoms with Crippen LogP contribution >= 0.6 is 19.5 Å². The van der Waals surface area contributed by atoms with Crippen molar-refractivity contribution in [3.05, 3.63) is 23.8 Å². The van der Waals surface area contributed by atoms with Crippen LogP contribution in [0.15, 0.2) is 23.1 Å². The van der Waals surface area contributed by atoms with E-state index < -0.39 is 7.75 Å². The van der Waals surface area contributed by atoms with Gasteiger partial charge in [-0.2, -0.15) is 0 Å². The van der Waals surface area contributed by atoms with E-state index in [0.717, 1.165) is 10.5 Å². The van der Waals surface area contributed by atoms with Gasteiger partial charge in [-0.25, -0.2) is 10.1 Å². The molecule has 0 aliphatic rings. The second-order valence-electron chi connectivity index (χ2n) is 3.89. The van der Waals surface area contributed by atoms with Crippen LogP contribution in [-0.4, -0.2) is 12.4 Å². The smallest absolute Gasteiger partial charge is 0.412 e. The molecule has 6 heteroatoms. The molecule has 1 atom stereocenters. The topological polar surface area (TPSA) is 61.5 Å². The lowest BCUT2D eigenvalue weighted by Gasteiger charge is -2.18. The van der Waals surface area contributed by atoms with Gasteiger partial charge in [-0.15, -0.1) is 11.8 Å². The molecule has 0 spiro atoms. The summed E-state index contributed by atoms with van der Waals surface area (Å²) in [6, 6.07) is 5.53. The standard InChI is InChI=1S/C11H18NO3PS/c1-8(2)14-16(12,13)15-10-7-5-6-9(3)11(10)17-4/h5-8H,1-4H3,(H2,12,13). The quantitative estimate of drug-likeness (QED) is 0.657. The van der Waals surface area contributed by atoms with Gasteiger partial charge in [0.05, 0.1) is 11.0 Å². The Hall–Kier alpha value is -0.480. The number of nitrogens with two attached hydrogens (primary N) is 1. The average molecular weight is 275 g/mol. The molecule has 0 fully saturated rings. The summed E-state index contributed by atoms with van der Waals surface area (Å²) in [5.74, 6) is 0.504. The molecule has 0 aliphatic carbocycles. The van der Waals surface area contributed by atoms with Gasteiger partial charge in [-0.1, -0.05) is 12.1 Å². The Labute approximate surface area is 106 Å². The molecule has 17 heavy (non-hydrogen) atoms. The van der Waals surface area contributed by atoms with Crippen LogP contribution in [0.4, 0.5) is 0 Å². The van der Waals surface area contributed by atoms with E-state index in [0.29, 0.717) is 5.75 Å². The fourth-order valence-electron chi connectivity index (χ4n) is 1.41. The molecule has 1 aromatic rings. The van der Waals surface area contributed by atoms with Gasteiger partial charge in [-0.3, -0.25) is 4.52 Å². The third-order valence-electron chi connectivity index (χ3n) is 1.96. The molecule has 0 aromatic heterocycles. The Morgan fingerprint density at radius 1 is 1.41 bits per heavy atom. The fraction of sp³-hybridized carbons (Fsp3) is 0.455. The molecule has 0 aliphatic heterocycles. The molecular formula is C11H18NO3PS. The first-order chi connectivity index (χ1) is 7.85. The van der Waals surface area contributed by atoms with Gasteiger partial charge in [0.1, 0.15) is 5.75 Å². The highest BCUT2D eigenvalue weighted by molar-refractivity contribution is 7.98. The summed E-state index contributed by atoms with van der Waals surface area (Å²) in [5.41, 5.74) is 6.58. The van der Waals surface area contributed by atoms with Gasteiger partial charge in [0.2, 0.25) is 0 Å². The van der Waals surface area contributed by atoms with Crippen molar-refractivity contribution in [2.45, 2.75) is 31.8 Å². The SMILES string of the molecule is CSc1c(C)cccc1OP(N)(=O)OC(C)C. The van der Waals surface area contributed by atoms with Crippen molar-refractivity contribution in [1.29, 1.82) is 0 Å². The van der Waals surface area contributed by atoms with Crippen LogP contribution in [0.5, 0.6) is 5.75 Å². The predicted octanol–water partition coefficient (Wildman–Crippen LogP) is 3.59. The third-order valence-corrected chi connectivity index (χ3v) is 4.06. The van der Waals surface area contributed by atoms with Gasteiger partial charge in [-0.05, 0) is 38.7 Å². The van der Waals surface area contributed by atoms with Crippen LogP contribution < -0.4 is 10.0 Å². The molecule has 0 heterocycles. The first kappa shape index (κ1) is 14.6. The average Bonchev–Trinajstić information content (AvgIpc) is 2.14. The summed E-state index contributed by atoms with van der Waals surface area (Å²) >= 11 is 1.52. The lowest BCUT2D eigenvalue weighted by atomic mass is 10.2. The molecule has 96 valence electrons. The first-order valence-electron chi connectivity index (χ1n) is 5.26. The van der Waals surface area contributed by atoms with E-state index in [-0.39, 0.29) is 6.10 Å².